The first-order valence-corrected chi connectivity index (χ1v) is 8.77. The van der Waals surface area contributed by atoms with Gasteiger partial charge in [-0.3, -0.25) is 0 Å². The summed E-state index contributed by atoms with van der Waals surface area (Å²) in [6.45, 7) is 8.39. The van der Waals surface area contributed by atoms with E-state index >= 15 is 0 Å². The molecule has 4 heteroatoms. The molecule has 2 aliphatic rings. The number of benzene rings is 1. The molecule has 1 aliphatic heterocycles. The van der Waals surface area contributed by atoms with E-state index in [2.05, 4.69) is 58.0 Å². The molecule has 0 saturated carbocycles. The topological polar surface area (TPSA) is 18.5 Å². The summed E-state index contributed by atoms with van der Waals surface area (Å²) < 4.78 is 15.1. The molecule has 2 nitrogen and oxygen atoms in total. The van der Waals surface area contributed by atoms with Crippen molar-refractivity contribution in [2.45, 2.75) is 51.7 Å². The Kier molecular flexibility index (Phi) is 3.10. The Morgan fingerprint density at radius 1 is 1.00 bits per heavy atom. The second-order valence-electron chi connectivity index (χ2n) is 7.21. The maximum atomic E-state index is 6.18. The lowest BCUT2D eigenvalue weighted by molar-refractivity contribution is 0.00578. The Labute approximate surface area is 135 Å². The molecule has 0 spiro atoms. The van der Waals surface area contributed by atoms with Crippen molar-refractivity contribution in [2.75, 3.05) is 0 Å². The summed E-state index contributed by atoms with van der Waals surface area (Å²) in [4.78, 5) is 0. The van der Waals surface area contributed by atoms with Gasteiger partial charge in [-0.15, -0.1) is 11.3 Å². The van der Waals surface area contributed by atoms with Crippen LogP contribution in [0.15, 0.2) is 18.2 Å². The van der Waals surface area contributed by atoms with Crippen LogP contribution in [0.4, 0.5) is 0 Å². The summed E-state index contributed by atoms with van der Waals surface area (Å²) >= 11 is 1.88. The normalized spacial score (nSPS) is 22.3. The molecule has 114 valence electrons. The fourth-order valence-corrected chi connectivity index (χ4v) is 4.24. The predicted molar refractivity (Wildman–Crippen MR) is 95.0 cm³/mol. The van der Waals surface area contributed by atoms with Gasteiger partial charge in [0, 0.05) is 9.23 Å². The molecule has 0 radical (unpaired) electrons. The monoisotopic (exact) mass is 312 g/mol. The average Bonchev–Trinajstić information content (AvgIpc) is 2.93. The second kappa shape index (κ2) is 4.70. The first kappa shape index (κ1) is 14.5. The van der Waals surface area contributed by atoms with Crippen molar-refractivity contribution in [3.05, 3.63) is 28.0 Å². The van der Waals surface area contributed by atoms with Crippen molar-refractivity contribution in [3.8, 4) is 0 Å². The summed E-state index contributed by atoms with van der Waals surface area (Å²) in [6.07, 6.45) is 7.01. The molecule has 2 aromatic rings. The lowest BCUT2D eigenvalue weighted by Gasteiger charge is -2.32. The molecular formula is C18H21BO2S. The Balaban J connectivity index is 1.82. The molecule has 0 bridgehead atoms. The van der Waals surface area contributed by atoms with Gasteiger partial charge in [-0.1, -0.05) is 24.3 Å². The highest BCUT2D eigenvalue weighted by Crippen LogP contribution is 2.36. The molecule has 0 amide bonds. The van der Waals surface area contributed by atoms with Crippen LogP contribution in [-0.4, -0.2) is 18.3 Å². The molecular weight excluding hydrogens is 291 g/mol. The van der Waals surface area contributed by atoms with Crippen molar-refractivity contribution in [3.63, 3.8) is 0 Å². The van der Waals surface area contributed by atoms with Crippen LogP contribution in [0.5, 0.6) is 0 Å². The molecule has 22 heavy (non-hydrogen) atoms. The van der Waals surface area contributed by atoms with Gasteiger partial charge in [-0.25, -0.2) is 0 Å². The van der Waals surface area contributed by atoms with E-state index in [9.17, 15) is 0 Å². The van der Waals surface area contributed by atoms with Crippen LogP contribution in [-0.2, 0) is 9.31 Å². The summed E-state index contributed by atoms with van der Waals surface area (Å²) in [5.74, 6) is 0. The van der Waals surface area contributed by atoms with E-state index in [1.54, 1.807) is 0 Å². The molecule has 2 heterocycles. The Hall–Kier alpha value is -1.10. The Bertz CT molecular complexity index is 847. The minimum absolute atomic E-state index is 0.280. The highest BCUT2D eigenvalue weighted by atomic mass is 32.1. The van der Waals surface area contributed by atoms with Gasteiger partial charge in [0.15, 0.2) is 0 Å². The van der Waals surface area contributed by atoms with Crippen LogP contribution in [0.2, 0.25) is 0 Å². The Morgan fingerprint density at radius 2 is 1.68 bits per heavy atom. The van der Waals surface area contributed by atoms with E-state index in [-0.39, 0.29) is 18.3 Å². The standard InChI is InChI=1S/C18H21BO2S/c1-17(2)18(3,4)21-19(20-17)12-9-10-16-14(11-12)13-7-5-6-8-15(13)22-16/h7-11H,5-6H2,1-4H3. The van der Waals surface area contributed by atoms with E-state index in [0.717, 1.165) is 18.3 Å². The number of hydrogen-bond donors (Lipinski definition) is 0. The van der Waals surface area contributed by atoms with Gasteiger partial charge >= 0.3 is 7.12 Å². The summed E-state index contributed by atoms with van der Waals surface area (Å²) in [6, 6.07) is 6.61. The third kappa shape index (κ3) is 2.09. The van der Waals surface area contributed by atoms with Crippen LogP contribution in [0, 0.1) is 0 Å². The molecule has 1 aliphatic carbocycles. The minimum atomic E-state index is -0.291. The SMILES string of the molecule is CC1(C)OB(c2ccc3sc4c(c3c2)=CCCC=4)OC1(C)C. The molecule has 4 rings (SSSR count). The van der Waals surface area contributed by atoms with E-state index in [1.807, 2.05) is 11.3 Å². The highest BCUT2D eigenvalue weighted by Gasteiger charge is 2.51. The largest absolute Gasteiger partial charge is 0.494 e. The van der Waals surface area contributed by atoms with Crippen LogP contribution in [0.3, 0.4) is 0 Å². The molecule has 1 aromatic carbocycles. The molecule has 1 fully saturated rings. The third-order valence-electron chi connectivity index (χ3n) is 5.15. The first-order chi connectivity index (χ1) is 10.4. The van der Waals surface area contributed by atoms with Crippen molar-refractivity contribution in [1.29, 1.82) is 0 Å². The van der Waals surface area contributed by atoms with Gasteiger partial charge in [0.25, 0.3) is 0 Å². The predicted octanol–water partition coefficient (Wildman–Crippen LogP) is 2.56. The average molecular weight is 312 g/mol. The van der Waals surface area contributed by atoms with E-state index in [1.165, 1.54) is 19.8 Å². The summed E-state index contributed by atoms with van der Waals surface area (Å²) in [5, 5.41) is 2.73. The van der Waals surface area contributed by atoms with Gasteiger partial charge in [-0.2, -0.15) is 0 Å². The van der Waals surface area contributed by atoms with Gasteiger partial charge in [-0.05, 0) is 62.7 Å². The van der Waals surface area contributed by atoms with Gasteiger partial charge < -0.3 is 9.31 Å². The molecule has 0 unspecified atom stereocenters. The lowest BCUT2D eigenvalue weighted by Crippen LogP contribution is -2.41. The lowest BCUT2D eigenvalue weighted by atomic mass is 9.78. The molecule has 1 aromatic heterocycles. The number of hydrogen-bond acceptors (Lipinski definition) is 3. The maximum absolute atomic E-state index is 6.18. The molecule has 1 saturated heterocycles. The first-order valence-electron chi connectivity index (χ1n) is 7.96. The zero-order valence-electron chi connectivity index (χ0n) is 13.6. The van der Waals surface area contributed by atoms with Gasteiger partial charge in [0.05, 0.1) is 11.2 Å². The zero-order valence-corrected chi connectivity index (χ0v) is 14.4. The van der Waals surface area contributed by atoms with E-state index in [4.69, 9.17) is 9.31 Å². The van der Waals surface area contributed by atoms with Crippen LogP contribution in [0.1, 0.15) is 40.5 Å². The van der Waals surface area contributed by atoms with Gasteiger partial charge in [0.1, 0.15) is 0 Å². The number of fused-ring (bicyclic) bond motifs is 3. The van der Waals surface area contributed by atoms with Crippen LogP contribution >= 0.6 is 11.3 Å². The number of thiophene rings is 1. The van der Waals surface area contributed by atoms with Crippen molar-refractivity contribution in [2.24, 2.45) is 0 Å². The zero-order chi connectivity index (χ0) is 15.5. The van der Waals surface area contributed by atoms with Crippen LogP contribution in [0.25, 0.3) is 22.2 Å². The summed E-state index contributed by atoms with van der Waals surface area (Å²) in [7, 11) is -0.280. The van der Waals surface area contributed by atoms with Crippen LogP contribution < -0.4 is 15.2 Å². The highest BCUT2D eigenvalue weighted by molar-refractivity contribution is 7.17. The quantitative estimate of drug-likeness (QED) is 0.754. The smallest absolute Gasteiger partial charge is 0.399 e. The Morgan fingerprint density at radius 3 is 2.41 bits per heavy atom. The van der Waals surface area contributed by atoms with E-state index < -0.39 is 0 Å². The maximum Gasteiger partial charge on any atom is 0.494 e. The minimum Gasteiger partial charge on any atom is -0.399 e. The molecule has 0 atom stereocenters. The second-order valence-corrected chi connectivity index (χ2v) is 8.29. The summed E-state index contributed by atoms with van der Waals surface area (Å²) in [5.41, 5.74) is 0.534. The van der Waals surface area contributed by atoms with Crippen molar-refractivity contribution >= 4 is 46.2 Å². The molecule has 0 N–H and O–H groups in total. The van der Waals surface area contributed by atoms with Gasteiger partial charge in [0.2, 0.25) is 0 Å². The fraction of sp³-hybridized carbons (Fsp3) is 0.444. The fourth-order valence-electron chi connectivity index (χ4n) is 3.08. The van der Waals surface area contributed by atoms with Crippen molar-refractivity contribution < 1.29 is 9.31 Å². The van der Waals surface area contributed by atoms with E-state index in [0.29, 0.717) is 0 Å². The third-order valence-corrected chi connectivity index (χ3v) is 6.33. The van der Waals surface area contributed by atoms with Crippen molar-refractivity contribution in [1.82, 2.24) is 0 Å². The number of rotatable bonds is 1.